The predicted molar refractivity (Wildman–Crippen MR) is 417 cm³/mol. The Bertz CT molecular complexity index is 2600. The van der Waals surface area contributed by atoms with Gasteiger partial charge in [-0.1, -0.05) is 256 Å². The van der Waals surface area contributed by atoms with E-state index in [9.17, 15) is 43.2 Å². The van der Waals surface area contributed by atoms with Crippen LogP contribution < -0.4 is 0 Å². The number of ether oxygens (including phenoxy) is 4. The molecule has 0 aromatic rings. The Morgan fingerprint density at radius 1 is 0.284 bits per heavy atom. The molecule has 0 rings (SSSR count). The van der Waals surface area contributed by atoms with Gasteiger partial charge in [-0.25, -0.2) is 9.13 Å². The number of hydrogen-bond donors (Lipinski definition) is 3. The number of phosphoric acid groups is 2. The van der Waals surface area contributed by atoms with Gasteiger partial charge >= 0.3 is 39.5 Å². The molecule has 5 unspecified atom stereocenters. The molecule has 0 aliphatic heterocycles. The van der Waals surface area contributed by atoms with Crippen LogP contribution in [0.15, 0.2) is 170 Å². The lowest BCUT2D eigenvalue weighted by molar-refractivity contribution is -0.161. The van der Waals surface area contributed by atoms with Crippen LogP contribution in [0.1, 0.15) is 272 Å². The van der Waals surface area contributed by atoms with E-state index in [2.05, 4.69) is 186 Å². The number of rotatable bonds is 70. The molecule has 102 heavy (non-hydrogen) atoms. The summed E-state index contributed by atoms with van der Waals surface area (Å²) in [5.41, 5.74) is 0. The number of carbonyl (C=O) groups is 4. The SMILES string of the molecule is CC/C=C\C/C=C\C/C=C\C/C=C\C/C=C\CCCC(=O)OCC(COP(=O)(O)OCC(O)COP(=O)(O)OCC(COC(=O)CCCCCC/C=C\C/C=C\C/C=C\C/C=C\CC)OC(=O)CCCCCCC/C=C\C/C=C\CCC)OC(=O)CCCCCCC/C=C\C/C=C\C/C=C\CC. The quantitative estimate of drug-likeness (QED) is 0.0169. The molecule has 578 valence electrons. The first kappa shape index (κ1) is 96.4. The highest BCUT2D eigenvalue weighted by molar-refractivity contribution is 7.47. The predicted octanol–water partition coefficient (Wildman–Crippen LogP) is 22.2. The zero-order chi connectivity index (χ0) is 74.6. The highest BCUT2D eigenvalue weighted by Crippen LogP contribution is 2.45. The number of hydrogen-bond acceptors (Lipinski definition) is 15. The Kier molecular flexibility index (Phi) is 69.7. The molecule has 0 aliphatic carbocycles. The minimum atomic E-state index is -5.00. The van der Waals surface area contributed by atoms with Crippen molar-refractivity contribution in [3.8, 4) is 0 Å². The molecule has 0 aromatic carbocycles. The zero-order valence-corrected chi connectivity index (χ0v) is 64.8. The summed E-state index contributed by atoms with van der Waals surface area (Å²) in [7, 11) is -10.00. The fourth-order valence-electron chi connectivity index (χ4n) is 9.41. The molecule has 0 bridgehead atoms. The molecule has 17 nitrogen and oxygen atoms in total. The second-order valence-electron chi connectivity index (χ2n) is 24.8. The standard InChI is InChI=1S/C83H134O17P2/c1-5-9-13-17-21-25-29-33-36-38-41-44-47-51-55-59-63-67-80(85)93-73-78(99-82(87)69-65-61-57-53-49-43-32-28-24-20-16-12-8-4)75-97-101(89,90)95-71-77(84)72-96-102(91,92)98-76-79(100-83(88)70-66-62-58-54-50-46-40-35-31-27-23-19-15-11-7-3)74-94-81(86)68-64-60-56-52-48-45-42-39-37-34-30-26-22-18-14-10-6-2/h9-11,13-16,20-23,25-28,32-37,40-42,44-45,52,56,77-79,84H,5-8,12,17-19,24,29-31,38-39,43,46-51,53-55,57-76H2,1-4H3,(H,89,90)(H,91,92)/b13-9-,14-10-,15-11-,20-16-,25-21-,26-22-,27-23-,32-28-,36-33-,37-34-,40-35-,44-41-,45-42-,56-52-. The Morgan fingerprint density at radius 2 is 0.520 bits per heavy atom. The number of esters is 4. The van der Waals surface area contributed by atoms with Gasteiger partial charge in [0.15, 0.2) is 12.2 Å². The van der Waals surface area contributed by atoms with E-state index in [0.29, 0.717) is 32.1 Å². The summed E-state index contributed by atoms with van der Waals surface area (Å²) in [6, 6.07) is 0. The molecule has 19 heteroatoms. The van der Waals surface area contributed by atoms with E-state index in [1.165, 1.54) is 0 Å². The van der Waals surface area contributed by atoms with Gasteiger partial charge in [-0.2, -0.15) is 0 Å². The molecule has 0 fully saturated rings. The first-order valence-corrected chi connectivity index (χ1v) is 41.4. The molecular weight excluding hydrogens is 1330 g/mol. The number of allylic oxidation sites excluding steroid dienone is 28. The van der Waals surface area contributed by atoms with Gasteiger partial charge in [-0.05, 0) is 161 Å². The van der Waals surface area contributed by atoms with Crippen molar-refractivity contribution in [3.05, 3.63) is 170 Å². The third-order valence-corrected chi connectivity index (χ3v) is 17.0. The van der Waals surface area contributed by atoms with Crippen LogP contribution in [-0.2, 0) is 65.4 Å². The monoisotopic (exact) mass is 1460 g/mol. The Balaban J connectivity index is 5.46. The first-order valence-electron chi connectivity index (χ1n) is 38.4. The molecule has 5 atom stereocenters. The van der Waals surface area contributed by atoms with Gasteiger partial charge in [0.2, 0.25) is 0 Å². The maximum absolute atomic E-state index is 13.1. The molecule has 0 amide bonds. The molecule has 0 saturated heterocycles. The molecule has 3 N–H and O–H groups in total. The summed E-state index contributed by atoms with van der Waals surface area (Å²) >= 11 is 0. The number of aliphatic hydroxyl groups excluding tert-OH is 1. The Hall–Kier alpha value is -5.58. The van der Waals surface area contributed by atoms with Crippen LogP contribution in [0, 0.1) is 0 Å². The lowest BCUT2D eigenvalue weighted by Gasteiger charge is -2.21. The van der Waals surface area contributed by atoms with Crippen LogP contribution in [-0.4, -0.2) is 96.7 Å². The van der Waals surface area contributed by atoms with E-state index in [4.69, 9.17) is 37.0 Å². The Morgan fingerprint density at radius 3 is 0.824 bits per heavy atom. The van der Waals surface area contributed by atoms with Gasteiger partial charge in [-0.3, -0.25) is 37.3 Å². The fourth-order valence-corrected chi connectivity index (χ4v) is 11.0. The van der Waals surface area contributed by atoms with Crippen molar-refractivity contribution in [1.29, 1.82) is 0 Å². The highest BCUT2D eigenvalue weighted by Gasteiger charge is 2.30. The minimum Gasteiger partial charge on any atom is -0.462 e. The second-order valence-corrected chi connectivity index (χ2v) is 27.7. The zero-order valence-electron chi connectivity index (χ0n) is 63.0. The van der Waals surface area contributed by atoms with Crippen LogP contribution >= 0.6 is 15.6 Å². The molecule has 0 heterocycles. The van der Waals surface area contributed by atoms with Gasteiger partial charge in [0.25, 0.3) is 0 Å². The summed E-state index contributed by atoms with van der Waals surface area (Å²) in [6.45, 7) is 4.31. The van der Waals surface area contributed by atoms with Gasteiger partial charge in [-0.15, -0.1) is 0 Å². The smallest absolute Gasteiger partial charge is 0.462 e. The summed E-state index contributed by atoms with van der Waals surface area (Å²) in [5.74, 6) is -2.32. The molecule has 0 saturated carbocycles. The van der Waals surface area contributed by atoms with E-state index in [1.807, 2.05) is 12.2 Å². The van der Waals surface area contributed by atoms with Crippen LogP contribution in [0.25, 0.3) is 0 Å². The third kappa shape index (κ3) is 72.8. The second kappa shape index (κ2) is 73.7. The number of carbonyl (C=O) groups excluding carboxylic acids is 4. The summed E-state index contributed by atoms with van der Waals surface area (Å²) < 4.78 is 68.4. The maximum Gasteiger partial charge on any atom is 0.472 e. The number of unbranched alkanes of at least 4 members (excludes halogenated alkanes) is 16. The van der Waals surface area contributed by atoms with Gasteiger partial charge < -0.3 is 33.8 Å². The van der Waals surface area contributed by atoms with Gasteiger partial charge in [0.1, 0.15) is 19.3 Å². The van der Waals surface area contributed by atoms with Gasteiger partial charge in [0.05, 0.1) is 26.4 Å². The normalized spacial score (nSPS) is 14.9. The van der Waals surface area contributed by atoms with Crippen LogP contribution in [0.5, 0.6) is 0 Å². The molecular formula is C83H134O17P2. The van der Waals surface area contributed by atoms with Crippen molar-refractivity contribution in [2.45, 2.75) is 290 Å². The van der Waals surface area contributed by atoms with E-state index < -0.39 is 97.5 Å². The van der Waals surface area contributed by atoms with E-state index >= 15 is 0 Å². The molecule has 0 aromatic heterocycles. The average Bonchev–Trinajstić information content (AvgIpc) is 0.939. The summed E-state index contributed by atoms with van der Waals surface area (Å²) in [6.07, 6.45) is 86.3. The average molecular weight is 1470 g/mol. The third-order valence-electron chi connectivity index (χ3n) is 15.1. The van der Waals surface area contributed by atoms with Crippen molar-refractivity contribution in [2.75, 3.05) is 39.6 Å². The first-order chi connectivity index (χ1) is 49.7. The number of phosphoric ester groups is 2. The van der Waals surface area contributed by atoms with Crippen LogP contribution in [0.2, 0.25) is 0 Å². The van der Waals surface area contributed by atoms with Crippen molar-refractivity contribution < 1.29 is 80.2 Å². The van der Waals surface area contributed by atoms with Gasteiger partial charge in [0, 0.05) is 25.7 Å². The van der Waals surface area contributed by atoms with E-state index in [-0.39, 0.29) is 25.7 Å². The summed E-state index contributed by atoms with van der Waals surface area (Å²) in [5, 5.41) is 10.6. The molecule has 0 radical (unpaired) electrons. The maximum atomic E-state index is 13.1. The van der Waals surface area contributed by atoms with Crippen LogP contribution in [0.3, 0.4) is 0 Å². The van der Waals surface area contributed by atoms with Crippen molar-refractivity contribution in [3.63, 3.8) is 0 Å². The minimum absolute atomic E-state index is 0.0563. The van der Waals surface area contributed by atoms with Crippen LogP contribution in [0.4, 0.5) is 0 Å². The lowest BCUT2D eigenvalue weighted by atomic mass is 10.1. The largest absolute Gasteiger partial charge is 0.472 e. The number of aliphatic hydroxyl groups is 1. The highest BCUT2D eigenvalue weighted by atomic mass is 31.2. The topological polar surface area (TPSA) is 237 Å². The molecule has 0 aliphatic rings. The lowest BCUT2D eigenvalue weighted by Crippen LogP contribution is -2.30. The van der Waals surface area contributed by atoms with Crippen molar-refractivity contribution >= 4 is 39.5 Å². The van der Waals surface area contributed by atoms with E-state index in [0.717, 1.165) is 186 Å². The van der Waals surface area contributed by atoms with Crippen molar-refractivity contribution in [2.24, 2.45) is 0 Å². The summed E-state index contributed by atoms with van der Waals surface area (Å²) in [4.78, 5) is 72.9. The Labute approximate surface area is 616 Å². The van der Waals surface area contributed by atoms with Crippen molar-refractivity contribution in [1.82, 2.24) is 0 Å². The fraction of sp³-hybridized carbons (Fsp3) is 0.614. The van der Waals surface area contributed by atoms with E-state index in [1.54, 1.807) is 0 Å². The molecule has 0 spiro atoms.